The molecule has 3 rings (SSSR count). The zero-order valence-corrected chi connectivity index (χ0v) is 20.0. The van der Waals surface area contributed by atoms with E-state index in [9.17, 15) is 4.79 Å². The number of aryl methyl sites for hydroxylation is 3. The molecule has 0 spiro atoms. The monoisotopic (exact) mass is 458 g/mol. The first-order chi connectivity index (χ1) is 14.8. The summed E-state index contributed by atoms with van der Waals surface area (Å²) in [5.74, 6) is 1.64. The molecule has 31 heavy (non-hydrogen) atoms. The van der Waals surface area contributed by atoms with Crippen LogP contribution in [0.1, 0.15) is 42.5 Å². The molecule has 1 aromatic heterocycles. The van der Waals surface area contributed by atoms with Crippen LogP contribution in [0.5, 0.6) is 5.75 Å². The van der Waals surface area contributed by atoms with E-state index in [4.69, 9.17) is 16.3 Å². The summed E-state index contributed by atoms with van der Waals surface area (Å²) < 4.78 is 8.07. The molecule has 1 amide bonds. The molecule has 8 heteroatoms. The number of nitrogens with zero attached hydrogens (tertiary/aromatic N) is 3. The third kappa shape index (κ3) is 5.80. The first kappa shape index (κ1) is 23.2. The van der Waals surface area contributed by atoms with Gasteiger partial charge in [0.1, 0.15) is 5.75 Å². The van der Waals surface area contributed by atoms with Gasteiger partial charge in [0.25, 0.3) is 0 Å². The van der Waals surface area contributed by atoms with Crippen molar-refractivity contribution in [3.8, 4) is 5.75 Å². The van der Waals surface area contributed by atoms with Crippen molar-refractivity contribution in [1.82, 2.24) is 14.8 Å². The van der Waals surface area contributed by atoms with E-state index in [1.165, 1.54) is 17.3 Å². The van der Waals surface area contributed by atoms with E-state index >= 15 is 0 Å². The molecule has 0 radical (unpaired) electrons. The lowest BCUT2D eigenvalue weighted by Gasteiger charge is -2.17. The third-order valence-corrected chi connectivity index (χ3v) is 6.19. The zero-order valence-electron chi connectivity index (χ0n) is 18.4. The molecule has 6 nitrogen and oxygen atoms in total. The number of carbonyl (C=O) groups is 1. The first-order valence-electron chi connectivity index (χ1n) is 10.1. The highest BCUT2D eigenvalue weighted by Crippen LogP contribution is 2.28. The highest BCUT2D eigenvalue weighted by Gasteiger charge is 2.20. The van der Waals surface area contributed by atoms with E-state index in [0.717, 1.165) is 22.6 Å². The minimum absolute atomic E-state index is 0.0819. The normalized spacial score (nSPS) is 11.9. The summed E-state index contributed by atoms with van der Waals surface area (Å²) in [6, 6.07) is 11.4. The van der Waals surface area contributed by atoms with Crippen molar-refractivity contribution < 1.29 is 9.53 Å². The van der Waals surface area contributed by atoms with Crippen molar-refractivity contribution in [3.63, 3.8) is 0 Å². The fourth-order valence-corrected chi connectivity index (χ4v) is 4.18. The van der Waals surface area contributed by atoms with Crippen molar-refractivity contribution in [2.24, 2.45) is 0 Å². The summed E-state index contributed by atoms with van der Waals surface area (Å²) in [6.45, 7) is 10.7. The fraction of sp³-hybridized carbons (Fsp3) is 0.348. The Morgan fingerprint density at radius 2 is 1.90 bits per heavy atom. The molecule has 1 unspecified atom stereocenters. The van der Waals surface area contributed by atoms with Crippen LogP contribution in [-0.2, 0) is 11.3 Å². The van der Waals surface area contributed by atoms with Gasteiger partial charge in [0, 0.05) is 17.3 Å². The van der Waals surface area contributed by atoms with Crippen LogP contribution in [0.4, 0.5) is 5.69 Å². The second kappa shape index (κ2) is 10.2. The second-order valence-electron chi connectivity index (χ2n) is 7.39. The van der Waals surface area contributed by atoms with Gasteiger partial charge in [-0.05, 0) is 81.6 Å². The summed E-state index contributed by atoms with van der Waals surface area (Å²) in [7, 11) is 0. The average Bonchev–Trinajstić information content (AvgIpc) is 3.14. The standard InChI is InChI=1S/C23H27ClN4O2S/c1-6-28-22(17(5)30-20-10-8-18(24)11-16(20)4)26-27-23(28)31-13-21(29)25-19-9-7-14(2)15(3)12-19/h7-12,17H,6,13H2,1-5H3,(H,25,29). The van der Waals surface area contributed by atoms with Gasteiger partial charge in [-0.2, -0.15) is 0 Å². The maximum absolute atomic E-state index is 12.4. The third-order valence-electron chi connectivity index (χ3n) is 4.99. The number of hydrogen-bond acceptors (Lipinski definition) is 5. The second-order valence-corrected chi connectivity index (χ2v) is 8.77. The summed E-state index contributed by atoms with van der Waals surface area (Å²) >= 11 is 7.39. The van der Waals surface area contributed by atoms with E-state index < -0.39 is 0 Å². The van der Waals surface area contributed by atoms with E-state index in [2.05, 4.69) is 15.5 Å². The number of ether oxygens (including phenoxy) is 1. The lowest BCUT2D eigenvalue weighted by Crippen LogP contribution is -2.15. The minimum atomic E-state index is -0.300. The van der Waals surface area contributed by atoms with Gasteiger partial charge in [0.15, 0.2) is 17.1 Å². The average molecular weight is 459 g/mol. The minimum Gasteiger partial charge on any atom is -0.482 e. The van der Waals surface area contributed by atoms with Crippen LogP contribution in [0, 0.1) is 20.8 Å². The number of nitrogens with one attached hydrogen (secondary N) is 1. The van der Waals surface area contributed by atoms with Gasteiger partial charge in [0.2, 0.25) is 5.91 Å². The number of amides is 1. The van der Waals surface area contributed by atoms with Gasteiger partial charge in [-0.3, -0.25) is 4.79 Å². The van der Waals surface area contributed by atoms with E-state index in [0.29, 0.717) is 22.5 Å². The Kier molecular flexibility index (Phi) is 7.62. The van der Waals surface area contributed by atoms with Gasteiger partial charge in [0.05, 0.1) is 5.75 Å². The van der Waals surface area contributed by atoms with Crippen molar-refractivity contribution in [2.45, 2.75) is 52.4 Å². The first-order valence-corrected chi connectivity index (χ1v) is 11.5. The number of rotatable bonds is 8. The predicted molar refractivity (Wildman–Crippen MR) is 126 cm³/mol. The van der Waals surface area contributed by atoms with Crippen LogP contribution in [-0.4, -0.2) is 26.4 Å². The molecule has 1 heterocycles. The predicted octanol–water partition coefficient (Wildman–Crippen LogP) is 5.75. The molecule has 164 valence electrons. The number of aromatic nitrogens is 3. The Labute approximate surface area is 192 Å². The van der Waals surface area contributed by atoms with Crippen LogP contribution in [0.3, 0.4) is 0 Å². The van der Waals surface area contributed by atoms with Gasteiger partial charge < -0.3 is 14.6 Å². The molecule has 0 aliphatic carbocycles. The number of thioether (sulfide) groups is 1. The number of anilines is 1. The molecule has 1 atom stereocenters. The Morgan fingerprint density at radius 1 is 1.13 bits per heavy atom. The quantitative estimate of drug-likeness (QED) is 0.435. The number of carbonyl (C=O) groups excluding carboxylic acids is 1. The van der Waals surface area contributed by atoms with E-state index in [1.54, 1.807) is 6.07 Å². The van der Waals surface area contributed by atoms with Crippen LogP contribution in [0.2, 0.25) is 5.02 Å². The van der Waals surface area contributed by atoms with Gasteiger partial charge >= 0.3 is 0 Å². The zero-order chi connectivity index (χ0) is 22.5. The summed E-state index contributed by atoms with van der Waals surface area (Å²) in [5.41, 5.74) is 4.10. The molecule has 2 aromatic carbocycles. The van der Waals surface area contributed by atoms with Crippen molar-refractivity contribution in [1.29, 1.82) is 0 Å². The van der Waals surface area contributed by atoms with Crippen LogP contribution in [0.15, 0.2) is 41.6 Å². The Balaban J connectivity index is 1.65. The molecule has 1 N–H and O–H groups in total. The molecule has 3 aromatic rings. The largest absolute Gasteiger partial charge is 0.482 e. The van der Waals surface area contributed by atoms with Crippen molar-refractivity contribution >= 4 is 35.0 Å². The Morgan fingerprint density at radius 3 is 2.58 bits per heavy atom. The summed E-state index contributed by atoms with van der Waals surface area (Å²) in [5, 5.41) is 12.9. The van der Waals surface area contributed by atoms with Crippen LogP contribution < -0.4 is 10.1 Å². The molecule has 0 aliphatic rings. The molecular formula is C23H27ClN4O2S. The van der Waals surface area contributed by atoms with E-state index in [-0.39, 0.29) is 17.8 Å². The molecule has 0 saturated carbocycles. The fourth-order valence-electron chi connectivity index (χ4n) is 3.14. The number of halogens is 1. The van der Waals surface area contributed by atoms with Gasteiger partial charge in [-0.1, -0.05) is 29.4 Å². The van der Waals surface area contributed by atoms with Crippen molar-refractivity contribution in [3.05, 3.63) is 63.9 Å². The maximum atomic E-state index is 12.4. The highest BCUT2D eigenvalue weighted by atomic mass is 35.5. The Bertz CT molecular complexity index is 1080. The van der Waals surface area contributed by atoms with Gasteiger partial charge in [-0.15, -0.1) is 10.2 Å². The molecule has 0 aliphatic heterocycles. The maximum Gasteiger partial charge on any atom is 0.234 e. The van der Waals surface area contributed by atoms with Crippen LogP contribution >= 0.6 is 23.4 Å². The van der Waals surface area contributed by atoms with Gasteiger partial charge in [-0.25, -0.2) is 0 Å². The number of benzene rings is 2. The number of hydrogen-bond donors (Lipinski definition) is 1. The lowest BCUT2D eigenvalue weighted by molar-refractivity contribution is -0.113. The lowest BCUT2D eigenvalue weighted by atomic mass is 10.1. The molecule has 0 bridgehead atoms. The summed E-state index contributed by atoms with van der Waals surface area (Å²) in [4.78, 5) is 12.4. The van der Waals surface area contributed by atoms with Crippen LogP contribution in [0.25, 0.3) is 0 Å². The Hall–Kier alpha value is -2.51. The highest BCUT2D eigenvalue weighted by molar-refractivity contribution is 7.99. The SMILES string of the molecule is CCn1c(SCC(=O)Nc2ccc(C)c(C)c2)nnc1C(C)Oc1ccc(Cl)cc1C. The van der Waals surface area contributed by atoms with E-state index in [1.807, 2.05) is 69.5 Å². The smallest absolute Gasteiger partial charge is 0.234 e. The molecular weight excluding hydrogens is 432 g/mol. The molecule has 0 saturated heterocycles. The molecule has 0 fully saturated rings. The van der Waals surface area contributed by atoms with Crippen molar-refractivity contribution in [2.75, 3.05) is 11.1 Å². The summed E-state index contributed by atoms with van der Waals surface area (Å²) in [6.07, 6.45) is -0.300. The topological polar surface area (TPSA) is 69.0 Å².